The van der Waals surface area contributed by atoms with E-state index in [1.807, 2.05) is 6.07 Å². The molecule has 7 heteroatoms. The number of aromatic nitrogens is 3. The molecule has 0 radical (unpaired) electrons. The third kappa shape index (κ3) is 2.01. The third-order valence-corrected chi connectivity index (χ3v) is 3.87. The Hall–Kier alpha value is -3.66. The Morgan fingerprint density at radius 2 is 2.21 bits per heavy atom. The van der Waals surface area contributed by atoms with Gasteiger partial charge in [-0.15, -0.1) is 0 Å². The van der Waals surface area contributed by atoms with Gasteiger partial charge in [-0.2, -0.15) is 5.26 Å². The molecule has 0 saturated carbocycles. The first kappa shape index (κ1) is 14.0. The first-order chi connectivity index (χ1) is 11.7. The van der Waals surface area contributed by atoms with Gasteiger partial charge in [0.1, 0.15) is 29.3 Å². The minimum absolute atomic E-state index is 0.226. The Labute approximate surface area is 135 Å². The van der Waals surface area contributed by atoms with Crippen molar-refractivity contribution in [3.8, 4) is 6.07 Å². The van der Waals surface area contributed by atoms with Gasteiger partial charge in [-0.1, -0.05) is 11.1 Å². The summed E-state index contributed by atoms with van der Waals surface area (Å²) >= 11 is 0. The van der Waals surface area contributed by atoms with Crippen molar-refractivity contribution in [3.63, 3.8) is 0 Å². The fourth-order valence-electron chi connectivity index (χ4n) is 2.71. The van der Waals surface area contributed by atoms with Crippen LogP contribution < -0.4 is 15.9 Å². The molecule has 0 aliphatic heterocycles. The molecule has 0 bridgehead atoms. The highest BCUT2D eigenvalue weighted by Gasteiger charge is 2.21. The molecule has 24 heavy (non-hydrogen) atoms. The topological polar surface area (TPSA) is 101 Å². The number of hydrogen-bond donors (Lipinski definition) is 1. The van der Waals surface area contributed by atoms with Crippen LogP contribution in [0, 0.1) is 11.3 Å². The highest BCUT2D eigenvalue weighted by atomic mass is 16.3. The summed E-state index contributed by atoms with van der Waals surface area (Å²) in [4.78, 5) is 17.3. The molecule has 4 aromatic rings. The second-order valence-corrected chi connectivity index (χ2v) is 5.30. The van der Waals surface area contributed by atoms with E-state index in [1.165, 1.54) is 10.5 Å². The Balaban J connectivity index is 2.13. The summed E-state index contributed by atoms with van der Waals surface area (Å²) in [5, 5.41) is 9.67. The molecule has 4 rings (SSSR count). The average Bonchev–Trinajstić information content (AvgIpc) is 3.11. The Morgan fingerprint density at radius 1 is 1.33 bits per heavy atom. The van der Waals surface area contributed by atoms with Crippen LogP contribution in [0.5, 0.6) is 0 Å². The first-order valence-electron chi connectivity index (χ1n) is 7.25. The van der Waals surface area contributed by atoms with Gasteiger partial charge in [-0.25, -0.2) is 4.57 Å². The predicted octanol–water partition coefficient (Wildman–Crippen LogP) is 1.23. The highest BCUT2D eigenvalue weighted by Crippen LogP contribution is 2.14. The minimum Gasteiger partial charge on any atom is -0.466 e. The predicted molar refractivity (Wildman–Crippen MR) is 86.1 cm³/mol. The van der Waals surface area contributed by atoms with E-state index >= 15 is 0 Å². The summed E-state index contributed by atoms with van der Waals surface area (Å²) in [7, 11) is 0. The number of nitrogens with zero attached hydrogens (tertiary/aromatic N) is 4. The second-order valence-electron chi connectivity index (χ2n) is 5.30. The number of nitrogens with two attached hydrogens (primary N) is 1. The molecule has 4 aromatic heterocycles. The molecule has 0 amide bonds. The lowest BCUT2D eigenvalue weighted by Crippen LogP contribution is -2.41. The number of fused-ring (bicyclic) bond motifs is 2. The Kier molecular flexibility index (Phi) is 3.03. The molecule has 0 unspecified atom stereocenters. The van der Waals surface area contributed by atoms with E-state index in [1.54, 1.807) is 47.4 Å². The number of hydrogen-bond acceptors (Lipinski definition) is 5. The second kappa shape index (κ2) is 5.21. The maximum Gasteiger partial charge on any atom is 0.278 e. The normalized spacial score (nSPS) is 11.0. The van der Waals surface area contributed by atoms with E-state index < -0.39 is 0 Å². The fraction of sp³-hybridized carbons (Fsp3) is 0.0588. The zero-order valence-electron chi connectivity index (χ0n) is 12.5. The van der Waals surface area contributed by atoms with Gasteiger partial charge in [-0.3, -0.25) is 9.20 Å². The van der Waals surface area contributed by atoms with Crippen LogP contribution in [0.15, 0.2) is 58.1 Å². The maximum absolute atomic E-state index is 12.8. The van der Waals surface area contributed by atoms with Gasteiger partial charge < -0.3 is 10.2 Å². The van der Waals surface area contributed by atoms with E-state index in [4.69, 9.17) is 10.2 Å². The molecular formula is C17H12N5O2+. The number of furan rings is 1. The van der Waals surface area contributed by atoms with Crippen LogP contribution in [0.2, 0.25) is 0 Å². The Morgan fingerprint density at radius 3 is 2.96 bits per heavy atom. The van der Waals surface area contributed by atoms with Crippen molar-refractivity contribution < 1.29 is 8.98 Å². The monoisotopic (exact) mass is 318 g/mol. The fourth-order valence-corrected chi connectivity index (χ4v) is 2.71. The zero-order chi connectivity index (χ0) is 16.7. The van der Waals surface area contributed by atoms with Crippen molar-refractivity contribution in [2.75, 3.05) is 5.73 Å². The van der Waals surface area contributed by atoms with Crippen molar-refractivity contribution in [2.45, 2.75) is 6.54 Å². The van der Waals surface area contributed by atoms with Gasteiger partial charge in [0, 0.05) is 6.20 Å². The molecule has 0 aromatic carbocycles. The van der Waals surface area contributed by atoms with Crippen molar-refractivity contribution >= 4 is 22.5 Å². The standard InChI is InChI=1S/C17H11N5O2/c18-9-11-8-13-16(20-14-5-1-2-6-21(14)17(13)23)22(15(11)19)10-12-4-3-7-24-12/h1-8,19H,10H2/p+1. The summed E-state index contributed by atoms with van der Waals surface area (Å²) in [6, 6.07) is 12.4. The summed E-state index contributed by atoms with van der Waals surface area (Å²) in [5.74, 6) is 0.895. The van der Waals surface area contributed by atoms with E-state index in [0.717, 1.165) is 0 Å². The van der Waals surface area contributed by atoms with Crippen LogP contribution in [0.25, 0.3) is 16.7 Å². The lowest BCUT2D eigenvalue weighted by atomic mass is 10.2. The van der Waals surface area contributed by atoms with E-state index in [2.05, 4.69) is 4.98 Å². The van der Waals surface area contributed by atoms with Crippen LogP contribution in [-0.2, 0) is 6.54 Å². The molecule has 0 spiro atoms. The van der Waals surface area contributed by atoms with Crippen LogP contribution in [0.1, 0.15) is 11.3 Å². The average molecular weight is 318 g/mol. The Bertz CT molecular complexity index is 1170. The van der Waals surface area contributed by atoms with E-state index in [-0.39, 0.29) is 23.5 Å². The van der Waals surface area contributed by atoms with Gasteiger partial charge in [0.25, 0.3) is 11.2 Å². The molecule has 2 N–H and O–H groups in total. The number of nitriles is 1. The van der Waals surface area contributed by atoms with Gasteiger partial charge in [-0.05, 0) is 30.3 Å². The van der Waals surface area contributed by atoms with Crippen molar-refractivity contribution in [1.29, 1.82) is 5.26 Å². The highest BCUT2D eigenvalue weighted by molar-refractivity contribution is 5.76. The zero-order valence-corrected chi connectivity index (χ0v) is 12.5. The molecule has 116 valence electrons. The third-order valence-electron chi connectivity index (χ3n) is 3.87. The minimum atomic E-state index is -0.250. The first-order valence-corrected chi connectivity index (χ1v) is 7.25. The van der Waals surface area contributed by atoms with Crippen LogP contribution in [-0.4, -0.2) is 9.38 Å². The van der Waals surface area contributed by atoms with Gasteiger partial charge in [0.2, 0.25) is 11.5 Å². The quantitative estimate of drug-likeness (QED) is 0.442. The molecule has 0 fully saturated rings. The van der Waals surface area contributed by atoms with Gasteiger partial charge in [0.15, 0.2) is 0 Å². The largest absolute Gasteiger partial charge is 0.466 e. The number of pyridine rings is 2. The summed E-state index contributed by atoms with van der Waals surface area (Å²) in [5.41, 5.74) is 7.02. The van der Waals surface area contributed by atoms with Crippen molar-refractivity contribution in [2.24, 2.45) is 0 Å². The van der Waals surface area contributed by atoms with E-state index in [0.29, 0.717) is 22.4 Å². The van der Waals surface area contributed by atoms with Crippen molar-refractivity contribution in [3.05, 3.63) is 70.5 Å². The molecular weight excluding hydrogens is 306 g/mol. The maximum atomic E-state index is 12.8. The molecule has 7 nitrogen and oxygen atoms in total. The van der Waals surface area contributed by atoms with Crippen LogP contribution in [0.4, 0.5) is 5.82 Å². The summed E-state index contributed by atoms with van der Waals surface area (Å²) in [6.07, 6.45) is 3.20. The SMILES string of the molecule is N#Cc1cc2c(=O)n3ccccc3nc2[n+](Cc2ccco2)c1N. The van der Waals surface area contributed by atoms with E-state index in [9.17, 15) is 10.1 Å². The summed E-state index contributed by atoms with van der Waals surface area (Å²) in [6.45, 7) is 0.278. The smallest absolute Gasteiger partial charge is 0.278 e. The molecule has 0 saturated heterocycles. The van der Waals surface area contributed by atoms with Crippen LogP contribution >= 0.6 is 0 Å². The molecule has 0 aliphatic rings. The number of nitrogen functional groups attached to an aromatic ring is 1. The number of anilines is 1. The molecule has 0 atom stereocenters. The van der Waals surface area contributed by atoms with Crippen molar-refractivity contribution in [1.82, 2.24) is 9.38 Å². The molecule has 0 aliphatic carbocycles. The lowest BCUT2D eigenvalue weighted by Gasteiger charge is -2.08. The van der Waals surface area contributed by atoms with Gasteiger partial charge >= 0.3 is 0 Å². The van der Waals surface area contributed by atoms with Gasteiger partial charge in [0.05, 0.1) is 6.26 Å². The lowest BCUT2D eigenvalue weighted by molar-refractivity contribution is -0.651. The van der Waals surface area contributed by atoms with Crippen LogP contribution in [0.3, 0.4) is 0 Å². The summed E-state index contributed by atoms with van der Waals surface area (Å²) < 4.78 is 8.43. The number of rotatable bonds is 2. The molecule has 4 heterocycles.